The number of benzene rings is 1. The van der Waals surface area contributed by atoms with Crippen molar-refractivity contribution in [1.82, 2.24) is 4.90 Å². The minimum atomic E-state index is -1.84. The van der Waals surface area contributed by atoms with Crippen molar-refractivity contribution in [3.05, 3.63) is 29.6 Å². The standard InChI is InChI=1S/C13H18FNO2/c1-5-15(9(2)3)13(16)11-8-10(14)6-7-12(11)17-4/h6-9H,5H2,1-4H3/i5D2. The van der Waals surface area contributed by atoms with Crippen LogP contribution < -0.4 is 4.74 Å². The van der Waals surface area contributed by atoms with E-state index in [2.05, 4.69) is 0 Å². The monoisotopic (exact) mass is 241 g/mol. The second kappa shape index (κ2) is 5.66. The van der Waals surface area contributed by atoms with E-state index in [0.29, 0.717) is 0 Å². The van der Waals surface area contributed by atoms with Crippen LogP contribution in [0.15, 0.2) is 18.2 Å². The van der Waals surface area contributed by atoms with Crippen LogP contribution >= 0.6 is 0 Å². The smallest absolute Gasteiger partial charge is 0.257 e. The number of ether oxygens (including phenoxy) is 1. The minimum absolute atomic E-state index is 0.0157. The van der Waals surface area contributed by atoms with Crippen LogP contribution in [0, 0.1) is 5.82 Å². The molecule has 0 saturated heterocycles. The van der Waals surface area contributed by atoms with E-state index < -0.39 is 18.2 Å². The molecular weight excluding hydrogens is 221 g/mol. The Morgan fingerprint density at radius 2 is 2.24 bits per heavy atom. The van der Waals surface area contributed by atoms with E-state index in [1.54, 1.807) is 13.8 Å². The third kappa shape index (κ3) is 2.96. The molecule has 0 radical (unpaired) electrons. The number of amides is 1. The fraction of sp³-hybridized carbons (Fsp3) is 0.462. The molecule has 0 aromatic heterocycles. The quantitative estimate of drug-likeness (QED) is 0.811. The van der Waals surface area contributed by atoms with E-state index in [0.717, 1.165) is 11.0 Å². The zero-order valence-corrected chi connectivity index (χ0v) is 10.5. The lowest BCUT2D eigenvalue weighted by atomic mass is 10.1. The Hall–Kier alpha value is -1.58. The lowest BCUT2D eigenvalue weighted by molar-refractivity contribution is 0.0713. The van der Waals surface area contributed by atoms with Crippen LogP contribution in [-0.4, -0.2) is 30.5 Å². The Morgan fingerprint density at radius 3 is 2.71 bits per heavy atom. The Labute approximate surface area is 104 Å². The molecule has 0 spiro atoms. The lowest BCUT2D eigenvalue weighted by Crippen LogP contribution is -2.36. The van der Waals surface area contributed by atoms with Crippen molar-refractivity contribution < 1.29 is 16.7 Å². The molecule has 4 heteroatoms. The number of halogens is 1. The summed E-state index contributed by atoms with van der Waals surface area (Å²) >= 11 is 0. The highest BCUT2D eigenvalue weighted by molar-refractivity contribution is 5.97. The van der Waals surface area contributed by atoms with E-state index >= 15 is 0 Å². The van der Waals surface area contributed by atoms with Gasteiger partial charge in [-0.1, -0.05) is 0 Å². The highest BCUT2D eigenvalue weighted by Gasteiger charge is 2.21. The number of hydrogen-bond acceptors (Lipinski definition) is 2. The number of carbonyl (C=O) groups is 1. The fourth-order valence-electron chi connectivity index (χ4n) is 1.57. The average Bonchev–Trinajstić information content (AvgIpc) is 2.26. The summed E-state index contributed by atoms with van der Waals surface area (Å²) in [7, 11) is 1.38. The molecule has 0 atom stereocenters. The number of carbonyl (C=O) groups excluding carboxylic acids is 1. The van der Waals surface area contributed by atoms with Crippen LogP contribution in [0.3, 0.4) is 0 Å². The molecular formula is C13H18FNO2. The van der Waals surface area contributed by atoms with Crippen LogP contribution in [0.4, 0.5) is 4.39 Å². The van der Waals surface area contributed by atoms with E-state index in [9.17, 15) is 9.18 Å². The van der Waals surface area contributed by atoms with Crippen LogP contribution in [-0.2, 0) is 0 Å². The molecule has 1 rings (SSSR count). The summed E-state index contributed by atoms with van der Waals surface area (Å²) in [6.07, 6.45) is 0. The van der Waals surface area contributed by atoms with Gasteiger partial charge in [-0.15, -0.1) is 0 Å². The Balaban J connectivity index is 3.28. The normalized spacial score (nSPS) is 13.1. The molecule has 0 N–H and O–H groups in total. The first-order valence-corrected chi connectivity index (χ1v) is 5.35. The van der Waals surface area contributed by atoms with Gasteiger partial charge < -0.3 is 9.64 Å². The van der Waals surface area contributed by atoms with Gasteiger partial charge in [-0.3, -0.25) is 4.79 Å². The predicted molar refractivity (Wildman–Crippen MR) is 64.8 cm³/mol. The van der Waals surface area contributed by atoms with Gasteiger partial charge in [0, 0.05) is 15.3 Å². The van der Waals surface area contributed by atoms with Gasteiger partial charge in [0.1, 0.15) is 11.6 Å². The predicted octanol–water partition coefficient (Wildman–Crippen LogP) is 2.70. The van der Waals surface area contributed by atoms with E-state index in [-0.39, 0.29) is 17.4 Å². The number of hydrogen-bond donors (Lipinski definition) is 0. The van der Waals surface area contributed by atoms with Crippen molar-refractivity contribution in [3.63, 3.8) is 0 Å². The van der Waals surface area contributed by atoms with Crippen molar-refractivity contribution in [2.45, 2.75) is 26.8 Å². The molecule has 17 heavy (non-hydrogen) atoms. The molecule has 0 aliphatic heterocycles. The van der Waals surface area contributed by atoms with Gasteiger partial charge in [0.05, 0.1) is 12.7 Å². The SMILES string of the molecule is [2H]C([2H])(C)N(C(=O)c1cc(F)ccc1OC)C(C)C. The molecule has 0 aliphatic carbocycles. The summed E-state index contributed by atoms with van der Waals surface area (Å²) in [6, 6.07) is 3.24. The highest BCUT2D eigenvalue weighted by atomic mass is 19.1. The number of methoxy groups -OCH3 is 1. The van der Waals surface area contributed by atoms with Crippen LogP contribution in [0.5, 0.6) is 5.75 Å². The van der Waals surface area contributed by atoms with Crippen LogP contribution in [0.1, 0.15) is 33.9 Å². The van der Waals surface area contributed by atoms with Gasteiger partial charge in [-0.25, -0.2) is 4.39 Å². The highest BCUT2D eigenvalue weighted by Crippen LogP contribution is 2.21. The van der Waals surface area contributed by atoms with Gasteiger partial charge in [-0.2, -0.15) is 0 Å². The van der Waals surface area contributed by atoms with Crippen LogP contribution in [0.25, 0.3) is 0 Å². The molecule has 0 unspecified atom stereocenters. The molecule has 0 heterocycles. The van der Waals surface area contributed by atoms with Crippen molar-refractivity contribution >= 4 is 5.91 Å². The van der Waals surface area contributed by atoms with E-state index in [1.165, 1.54) is 26.2 Å². The summed E-state index contributed by atoms with van der Waals surface area (Å²) < 4.78 is 33.7. The lowest BCUT2D eigenvalue weighted by Gasteiger charge is -2.25. The largest absolute Gasteiger partial charge is 0.496 e. The van der Waals surface area contributed by atoms with Crippen molar-refractivity contribution in [3.8, 4) is 5.75 Å². The zero-order valence-electron chi connectivity index (χ0n) is 12.5. The average molecular weight is 241 g/mol. The summed E-state index contributed by atoms with van der Waals surface area (Å²) in [5.74, 6) is -0.940. The van der Waals surface area contributed by atoms with Crippen molar-refractivity contribution in [2.24, 2.45) is 0 Å². The molecule has 0 fully saturated rings. The first-order valence-electron chi connectivity index (χ1n) is 6.35. The van der Waals surface area contributed by atoms with Gasteiger partial charge in [0.25, 0.3) is 5.91 Å². The first-order chi connectivity index (χ1) is 8.68. The molecule has 94 valence electrons. The number of nitrogens with zero attached hydrogens (tertiary/aromatic N) is 1. The van der Waals surface area contributed by atoms with Crippen molar-refractivity contribution in [2.75, 3.05) is 13.6 Å². The van der Waals surface area contributed by atoms with Gasteiger partial charge >= 0.3 is 0 Å². The molecule has 0 aliphatic rings. The summed E-state index contributed by atoms with van der Waals surface area (Å²) in [6.45, 7) is 2.84. The topological polar surface area (TPSA) is 29.5 Å². The molecule has 1 aromatic rings. The second-order valence-electron chi connectivity index (χ2n) is 3.84. The second-order valence-corrected chi connectivity index (χ2v) is 3.84. The maximum atomic E-state index is 13.3. The van der Waals surface area contributed by atoms with Crippen molar-refractivity contribution in [1.29, 1.82) is 0 Å². The van der Waals surface area contributed by atoms with Gasteiger partial charge in [-0.05, 0) is 39.0 Å². The first kappa shape index (κ1) is 10.6. The Morgan fingerprint density at radius 1 is 1.59 bits per heavy atom. The third-order valence-electron chi connectivity index (χ3n) is 2.37. The minimum Gasteiger partial charge on any atom is -0.496 e. The third-order valence-corrected chi connectivity index (χ3v) is 2.37. The Bertz CT molecular complexity index is 472. The summed E-state index contributed by atoms with van der Waals surface area (Å²) in [4.78, 5) is 13.5. The molecule has 1 amide bonds. The zero-order chi connectivity index (χ0) is 14.8. The molecule has 3 nitrogen and oxygen atoms in total. The maximum Gasteiger partial charge on any atom is 0.257 e. The van der Waals surface area contributed by atoms with Crippen LogP contribution in [0.2, 0.25) is 0 Å². The molecule has 0 bridgehead atoms. The molecule has 1 aromatic carbocycles. The Kier molecular flexibility index (Phi) is 3.52. The maximum absolute atomic E-state index is 13.3. The van der Waals surface area contributed by atoms with E-state index in [1.807, 2.05) is 0 Å². The fourth-order valence-corrected chi connectivity index (χ4v) is 1.57. The van der Waals surface area contributed by atoms with Gasteiger partial charge in [0.2, 0.25) is 0 Å². The molecule has 0 saturated carbocycles. The summed E-state index contributed by atoms with van der Waals surface area (Å²) in [5, 5.41) is 0. The van der Waals surface area contributed by atoms with E-state index in [4.69, 9.17) is 7.48 Å². The van der Waals surface area contributed by atoms with Gasteiger partial charge in [0.15, 0.2) is 0 Å². The summed E-state index contributed by atoms with van der Waals surface area (Å²) in [5.41, 5.74) is 0.0157. The number of rotatable bonds is 4.